The molecule has 0 bridgehead atoms. The molecule has 1 aromatic carbocycles. The van der Waals surface area contributed by atoms with Crippen LogP contribution in [0.4, 0.5) is 5.69 Å². The van der Waals surface area contributed by atoms with Crippen molar-refractivity contribution in [1.82, 2.24) is 25.5 Å². The number of benzene rings is 1. The van der Waals surface area contributed by atoms with Crippen molar-refractivity contribution in [3.63, 3.8) is 0 Å². The van der Waals surface area contributed by atoms with E-state index in [1.54, 1.807) is 55.5 Å². The van der Waals surface area contributed by atoms with Crippen molar-refractivity contribution in [3.8, 4) is 17.3 Å². The maximum atomic E-state index is 13.9. The van der Waals surface area contributed by atoms with Gasteiger partial charge in [0.05, 0.1) is 12.8 Å². The predicted molar refractivity (Wildman–Crippen MR) is 135 cm³/mol. The molecule has 194 valence electrons. The number of rotatable bonds is 8. The maximum Gasteiger partial charge on any atom is 0.251 e. The van der Waals surface area contributed by atoms with Crippen LogP contribution in [0.1, 0.15) is 44.1 Å². The lowest BCUT2D eigenvalue weighted by Crippen LogP contribution is -2.50. The molecule has 0 unspecified atom stereocenters. The second-order valence-electron chi connectivity index (χ2n) is 9.58. The molecule has 1 atom stereocenters. The van der Waals surface area contributed by atoms with E-state index >= 15 is 0 Å². The summed E-state index contributed by atoms with van der Waals surface area (Å²) in [6.07, 6.45) is 0. The van der Waals surface area contributed by atoms with Crippen molar-refractivity contribution in [1.29, 1.82) is 0 Å². The lowest BCUT2D eigenvalue weighted by Gasteiger charge is -2.33. The summed E-state index contributed by atoms with van der Waals surface area (Å²) < 4.78 is 17.0. The summed E-state index contributed by atoms with van der Waals surface area (Å²) in [6.45, 7) is 8.87. The minimum absolute atomic E-state index is 0.244. The normalized spacial score (nSPS) is 12.3. The predicted octanol–water partition coefficient (Wildman–Crippen LogP) is 3.84. The fraction of sp³-hybridized carbons (Fsp3) is 0.346. The van der Waals surface area contributed by atoms with Gasteiger partial charge in [-0.05, 0) is 76.2 Å². The average molecular weight is 507 g/mol. The number of methoxy groups -OCH3 is 1. The number of hydrogen-bond acceptors (Lipinski definition) is 8. The molecule has 0 fully saturated rings. The number of ether oxygens (including phenoxy) is 1. The van der Waals surface area contributed by atoms with E-state index in [1.165, 1.54) is 12.0 Å². The molecule has 0 saturated carbocycles. The second-order valence-corrected chi connectivity index (χ2v) is 9.58. The fourth-order valence-electron chi connectivity index (χ4n) is 3.82. The summed E-state index contributed by atoms with van der Waals surface area (Å²) in [6, 6.07) is 12.8. The Kier molecular flexibility index (Phi) is 7.14. The fourth-order valence-corrected chi connectivity index (χ4v) is 3.82. The van der Waals surface area contributed by atoms with Gasteiger partial charge in [-0.25, -0.2) is 0 Å². The van der Waals surface area contributed by atoms with Gasteiger partial charge in [0, 0.05) is 5.54 Å². The number of para-hydroxylation sites is 2. The van der Waals surface area contributed by atoms with Crippen LogP contribution in [0.15, 0.2) is 57.4 Å². The first-order valence-corrected chi connectivity index (χ1v) is 11.7. The van der Waals surface area contributed by atoms with Gasteiger partial charge in [-0.3, -0.25) is 14.5 Å². The topological polar surface area (TPSA) is 129 Å². The first-order valence-electron chi connectivity index (χ1n) is 11.7. The maximum absolute atomic E-state index is 13.9. The van der Waals surface area contributed by atoms with Crippen molar-refractivity contribution >= 4 is 17.5 Å². The van der Waals surface area contributed by atoms with E-state index < -0.39 is 23.4 Å². The van der Waals surface area contributed by atoms with Gasteiger partial charge < -0.3 is 18.9 Å². The molecule has 11 heteroatoms. The number of hydrogen-bond donors (Lipinski definition) is 1. The SMILES string of the molecule is COc1ccccc1N(C(=O)Cn1nnc(-c2ccc(C)o2)n1)[C@@H](C(=O)NC(C)(C)C)c1ccc(C)o1. The van der Waals surface area contributed by atoms with Crippen LogP contribution >= 0.6 is 0 Å². The molecule has 37 heavy (non-hydrogen) atoms. The molecule has 0 aliphatic heterocycles. The van der Waals surface area contributed by atoms with Crippen LogP contribution in [0.5, 0.6) is 5.75 Å². The van der Waals surface area contributed by atoms with Gasteiger partial charge in [0.15, 0.2) is 11.8 Å². The van der Waals surface area contributed by atoms with Crippen LogP contribution in [0.3, 0.4) is 0 Å². The zero-order valence-electron chi connectivity index (χ0n) is 21.7. The number of furan rings is 2. The van der Waals surface area contributed by atoms with Crippen LogP contribution < -0.4 is 15.0 Å². The van der Waals surface area contributed by atoms with Crippen LogP contribution in [0.2, 0.25) is 0 Å². The van der Waals surface area contributed by atoms with E-state index in [0.717, 1.165) is 4.80 Å². The van der Waals surface area contributed by atoms with Gasteiger partial charge in [-0.2, -0.15) is 4.80 Å². The lowest BCUT2D eigenvalue weighted by atomic mass is 10.1. The Bertz CT molecular complexity index is 1400. The van der Waals surface area contributed by atoms with Crippen LogP contribution in [-0.2, 0) is 16.1 Å². The Morgan fingerprint density at radius 3 is 2.38 bits per heavy atom. The summed E-state index contributed by atoms with van der Waals surface area (Å²) in [5, 5.41) is 15.3. The molecule has 0 radical (unpaired) electrons. The molecule has 0 aliphatic rings. The van der Waals surface area contributed by atoms with Crippen LogP contribution in [0.25, 0.3) is 11.6 Å². The van der Waals surface area contributed by atoms with E-state index in [2.05, 4.69) is 20.7 Å². The molecular weight excluding hydrogens is 476 g/mol. The van der Waals surface area contributed by atoms with Gasteiger partial charge in [0.25, 0.3) is 11.8 Å². The Labute approximate surface area is 214 Å². The number of nitrogens with one attached hydrogen (secondary N) is 1. The van der Waals surface area contributed by atoms with E-state index in [9.17, 15) is 9.59 Å². The minimum Gasteiger partial charge on any atom is -0.495 e. The summed E-state index contributed by atoms with van der Waals surface area (Å²) in [4.78, 5) is 30.1. The molecular formula is C26H30N6O5. The van der Waals surface area contributed by atoms with Gasteiger partial charge in [0.1, 0.15) is 29.6 Å². The summed E-state index contributed by atoms with van der Waals surface area (Å²) in [5.41, 5.74) is -0.171. The third-order valence-electron chi connectivity index (χ3n) is 5.34. The minimum atomic E-state index is -1.13. The Balaban J connectivity index is 1.76. The molecule has 3 aromatic heterocycles. The highest BCUT2D eigenvalue weighted by Crippen LogP contribution is 2.36. The van der Waals surface area contributed by atoms with E-state index in [1.807, 2.05) is 27.7 Å². The summed E-state index contributed by atoms with van der Waals surface area (Å²) >= 11 is 0. The highest BCUT2D eigenvalue weighted by Gasteiger charge is 2.38. The lowest BCUT2D eigenvalue weighted by molar-refractivity contribution is -0.128. The molecule has 1 N–H and O–H groups in total. The van der Waals surface area contributed by atoms with E-state index in [0.29, 0.717) is 34.5 Å². The molecule has 0 spiro atoms. The third-order valence-corrected chi connectivity index (χ3v) is 5.34. The first-order chi connectivity index (χ1) is 17.6. The molecule has 3 heterocycles. The number of aryl methyl sites for hydroxylation is 2. The molecule has 4 aromatic rings. The molecule has 0 aliphatic carbocycles. The zero-order valence-corrected chi connectivity index (χ0v) is 21.7. The standard InChI is InChI=1S/C26H30N6O5/c1-16-11-13-20(36-16)23(25(34)27-26(3,4)5)32(18-9-7-8-10-19(18)35-6)22(33)15-31-29-24(28-30-31)21-14-12-17(2)37-21/h7-14,23H,15H2,1-6H3,(H,27,34)/t23-/m1/s1. The Hall–Kier alpha value is -4.41. The smallest absolute Gasteiger partial charge is 0.251 e. The van der Waals surface area contributed by atoms with E-state index in [-0.39, 0.29) is 12.4 Å². The summed E-state index contributed by atoms with van der Waals surface area (Å²) in [5.74, 6) is 1.80. The number of aromatic nitrogens is 4. The molecule has 0 saturated heterocycles. The number of tetrazole rings is 1. The third kappa shape index (κ3) is 5.88. The van der Waals surface area contributed by atoms with Crippen molar-refractivity contribution in [2.24, 2.45) is 0 Å². The first kappa shape index (κ1) is 25.7. The number of nitrogens with zero attached hydrogens (tertiary/aromatic N) is 5. The van der Waals surface area contributed by atoms with E-state index in [4.69, 9.17) is 13.6 Å². The van der Waals surface area contributed by atoms with Gasteiger partial charge in [-0.1, -0.05) is 12.1 Å². The number of carbonyl (C=O) groups excluding carboxylic acids is 2. The Morgan fingerprint density at radius 2 is 1.76 bits per heavy atom. The van der Waals surface area contributed by atoms with Gasteiger partial charge in [-0.15, -0.1) is 10.2 Å². The quantitative estimate of drug-likeness (QED) is 0.382. The highest BCUT2D eigenvalue weighted by molar-refractivity contribution is 6.02. The van der Waals surface area contributed by atoms with Gasteiger partial charge >= 0.3 is 0 Å². The number of amides is 2. The van der Waals surface area contributed by atoms with Gasteiger partial charge in [0.2, 0.25) is 5.82 Å². The number of carbonyl (C=O) groups is 2. The summed E-state index contributed by atoms with van der Waals surface area (Å²) in [7, 11) is 1.50. The zero-order chi connectivity index (χ0) is 26.7. The molecule has 4 rings (SSSR count). The average Bonchev–Trinajstić information content (AvgIpc) is 3.57. The molecule has 2 amide bonds. The van der Waals surface area contributed by atoms with Crippen molar-refractivity contribution in [3.05, 3.63) is 65.8 Å². The number of anilines is 1. The van der Waals surface area contributed by atoms with Crippen molar-refractivity contribution in [2.75, 3.05) is 12.0 Å². The monoisotopic (exact) mass is 506 g/mol. The van der Waals surface area contributed by atoms with Crippen LogP contribution in [0, 0.1) is 13.8 Å². The van der Waals surface area contributed by atoms with Crippen molar-refractivity contribution < 1.29 is 23.2 Å². The Morgan fingerprint density at radius 1 is 1.05 bits per heavy atom. The second kappa shape index (κ2) is 10.3. The van der Waals surface area contributed by atoms with Crippen molar-refractivity contribution in [2.45, 2.75) is 52.7 Å². The highest BCUT2D eigenvalue weighted by atomic mass is 16.5. The van der Waals surface area contributed by atoms with Crippen LogP contribution in [-0.4, -0.2) is 44.7 Å². The largest absolute Gasteiger partial charge is 0.495 e. The molecule has 11 nitrogen and oxygen atoms in total.